The predicted octanol–water partition coefficient (Wildman–Crippen LogP) is 4.27. The molecule has 1 aliphatic heterocycles. The number of nitrogens with zero attached hydrogens (tertiary/aromatic N) is 1. The first-order valence-electron chi connectivity index (χ1n) is 10.1. The van der Waals surface area contributed by atoms with Crippen LogP contribution in [0.15, 0.2) is 78.9 Å². The summed E-state index contributed by atoms with van der Waals surface area (Å²) in [6.45, 7) is 6.31. The van der Waals surface area contributed by atoms with Gasteiger partial charge in [0, 0.05) is 5.69 Å². The van der Waals surface area contributed by atoms with E-state index in [4.69, 9.17) is 18.1 Å². The SMILES string of the molecule is CC(C)(O)C(C)(C)O.[B]c1ccc(C2Nc3ccccc3N2c2ccccc2)cc1. The summed E-state index contributed by atoms with van der Waals surface area (Å²) in [5, 5.41) is 21.8. The Morgan fingerprint density at radius 3 is 1.87 bits per heavy atom. The molecule has 154 valence electrons. The van der Waals surface area contributed by atoms with Gasteiger partial charge in [-0.15, -0.1) is 0 Å². The van der Waals surface area contributed by atoms with Crippen LogP contribution >= 0.6 is 0 Å². The van der Waals surface area contributed by atoms with E-state index in [2.05, 4.69) is 70.9 Å². The van der Waals surface area contributed by atoms with Crippen molar-refractivity contribution < 1.29 is 10.2 Å². The van der Waals surface area contributed by atoms with Gasteiger partial charge in [0.25, 0.3) is 0 Å². The zero-order valence-electron chi connectivity index (χ0n) is 18.0. The van der Waals surface area contributed by atoms with Crippen LogP contribution in [0.3, 0.4) is 0 Å². The van der Waals surface area contributed by atoms with E-state index < -0.39 is 11.2 Å². The molecule has 5 heteroatoms. The van der Waals surface area contributed by atoms with Gasteiger partial charge >= 0.3 is 0 Å². The summed E-state index contributed by atoms with van der Waals surface area (Å²) in [6.07, 6.45) is 0.0698. The van der Waals surface area contributed by atoms with E-state index in [1.807, 2.05) is 18.2 Å². The minimum Gasteiger partial charge on any atom is -0.387 e. The molecule has 3 aromatic carbocycles. The van der Waals surface area contributed by atoms with Crippen molar-refractivity contribution >= 4 is 30.4 Å². The molecule has 1 atom stereocenters. The maximum absolute atomic E-state index is 9.10. The normalized spacial score (nSPS) is 15.7. The molecule has 3 aromatic rings. The van der Waals surface area contributed by atoms with Crippen molar-refractivity contribution in [3.05, 3.63) is 84.4 Å². The Morgan fingerprint density at radius 1 is 0.767 bits per heavy atom. The van der Waals surface area contributed by atoms with Gasteiger partial charge in [0.1, 0.15) is 14.0 Å². The lowest BCUT2D eigenvalue weighted by Crippen LogP contribution is -2.44. The highest BCUT2D eigenvalue weighted by molar-refractivity contribution is 6.32. The number of rotatable bonds is 3. The molecule has 0 saturated carbocycles. The smallest absolute Gasteiger partial charge is 0.130 e. The molecule has 0 fully saturated rings. The second kappa shape index (κ2) is 8.54. The third-order valence-electron chi connectivity index (χ3n) is 5.50. The minimum absolute atomic E-state index is 0.0698. The van der Waals surface area contributed by atoms with Gasteiger partial charge in [-0.3, -0.25) is 0 Å². The summed E-state index contributed by atoms with van der Waals surface area (Å²) in [5.74, 6) is 0. The molecule has 0 aliphatic carbocycles. The summed E-state index contributed by atoms with van der Waals surface area (Å²) < 4.78 is 0. The number of nitrogens with one attached hydrogen (secondary N) is 1. The molecule has 0 bridgehead atoms. The molecule has 0 amide bonds. The monoisotopic (exact) mass is 400 g/mol. The van der Waals surface area contributed by atoms with Crippen LogP contribution in [-0.4, -0.2) is 29.3 Å². The third kappa shape index (κ3) is 4.86. The van der Waals surface area contributed by atoms with Crippen LogP contribution in [0.25, 0.3) is 0 Å². The Hall–Kier alpha value is -2.76. The number of aliphatic hydroxyl groups is 2. The molecule has 0 spiro atoms. The van der Waals surface area contributed by atoms with Gasteiger partial charge in [0.15, 0.2) is 0 Å². The van der Waals surface area contributed by atoms with E-state index >= 15 is 0 Å². The van der Waals surface area contributed by atoms with Crippen LogP contribution in [0.1, 0.15) is 39.4 Å². The Morgan fingerprint density at radius 2 is 1.30 bits per heavy atom. The Labute approximate surface area is 180 Å². The van der Waals surface area contributed by atoms with E-state index in [0.717, 1.165) is 11.2 Å². The summed E-state index contributed by atoms with van der Waals surface area (Å²) in [5.41, 5.74) is 3.46. The van der Waals surface area contributed by atoms with Gasteiger partial charge in [-0.25, -0.2) is 0 Å². The topological polar surface area (TPSA) is 55.7 Å². The van der Waals surface area contributed by atoms with E-state index in [9.17, 15) is 0 Å². The fraction of sp³-hybridized carbons (Fsp3) is 0.280. The Balaban J connectivity index is 0.000000275. The molecule has 0 saturated heterocycles. The quantitative estimate of drug-likeness (QED) is 0.575. The molecular weight excluding hydrogens is 371 g/mol. The van der Waals surface area contributed by atoms with Gasteiger partial charge < -0.3 is 20.4 Å². The average Bonchev–Trinajstić information content (AvgIpc) is 3.08. The first-order valence-corrected chi connectivity index (χ1v) is 10.1. The molecule has 1 aliphatic rings. The van der Waals surface area contributed by atoms with Crippen molar-refractivity contribution in [3.63, 3.8) is 0 Å². The second-order valence-corrected chi connectivity index (χ2v) is 8.55. The van der Waals surface area contributed by atoms with Crippen molar-refractivity contribution in [2.24, 2.45) is 0 Å². The standard InChI is InChI=1S/C19H15BN2.C6H14O2/c20-15-12-10-14(11-13-15)19-21-17-8-4-5-9-18(17)22(19)16-6-2-1-3-7-16;1-5(2,7)6(3,4)8/h1-13,19,21H;7-8H,1-4H3. The molecule has 2 radical (unpaired) electrons. The third-order valence-corrected chi connectivity index (χ3v) is 5.50. The first-order chi connectivity index (χ1) is 14.1. The van der Waals surface area contributed by atoms with Gasteiger partial charge in [-0.1, -0.05) is 60.1 Å². The van der Waals surface area contributed by atoms with Gasteiger partial charge in [0.05, 0.1) is 22.6 Å². The Kier molecular flexibility index (Phi) is 6.25. The number of para-hydroxylation sites is 3. The zero-order valence-corrected chi connectivity index (χ0v) is 18.0. The van der Waals surface area contributed by atoms with Crippen LogP contribution in [0, 0.1) is 0 Å². The number of hydrogen-bond donors (Lipinski definition) is 3. The lowest BCUT2D eigenvalue weighted by atomic mass is 9.90. The van der Waals surface area contributed by atoms with E-state index in [0.29, 0.717) is 0 Å². The lowest BCUT2D eigenvalue weighted by Gasteiger charge is -2.31. The van der Waals surface area contributed by atoms with Gasteiger partial charge in [0.2, 0.25) is 0 Å². The fourth-order valence-corrected chi connectivity index (χ4v) is 2.94. The number of hydrogen-bond acceptors (Lipinski definition) is 4. The van der Waals surface area contributed by atoms with E-state index in [1.165, 1.54) is 16.9 Å². The molecule has 3 N–H and O–H groups in total. The van der Waals surface area contributed by atoms with Crippen molar-refractivity contribution in [1.82, 2.24) is 0 Å². The molecule has 4 rings (SSSR count). The molecule has 4 nitrogen and oxygen atoms in total. The summed E-state index contributed by atoms with van der Waals surface area (Å²) in [6, 6.07) is 26.9. The fourth-order valence-electron chi connectivity index (χ4n) is 2.94. The van der Waals surface area contributed by atoms with Crippen molar-refractivity contribution in [2.75, 3.05) is 10.2 Å². The van der Waals surface area contributed by atoms with Crippen LogP contribution in [-0.2, 0) is 0 Å². The highest BCUT2D eigenvalue weighted by atomic mass is 16.3. The molecule has 1 unspecified atom stereocenters. The minimum atomic E-state index is -1.01. The highest BCUT2D eigenvalue weighted by Gasteiger charge is 2.32. The molecular formula is C25H29BN2O2. The summed E-state index contributed by atoms with van der Waals surface area (Å²) in [4.78, 5) is 2.32. The number of fused-ring (bicyclic) bond motifs is 1. The number of anilines is 3. The van der Waals surface area contributed by atoms with Crippen molar-refractivity contribution in [2.45, 2.75) is 45.1 Å². The largest absolute Gasteiger partial charge is 0.387 e. The van der Waals surface area contributed by atoms with Gasteiger partial charge in [-0.2, -0.15) is 0 Å². The molecule has 0 aromatic heterocycles. The van der Waals surface area contributed by atoms with E-state index in [-0.39, 0.29) is 6.17 Å². The Bertz CT molecular complexity index is 949. The van der Waals surface area contributed by atoms with Crippen LogP contribution in [0.2, 0.25) is 0 Å². The van der Waals surface area contributed by atoms with Crippen LogP contribution in [0.4, 0.5) is 17.1 Å². The van der Waals surface area contributed by atoms with Crippen LogP contribution in [0.5, 0.6) is 0 Å². The maximum Gasteiger partial charge on any atom is 0.130 e. The summed E-state index contributed by atoms with van der Waals surface area (Å²) >= 11 is 0. The lowest BCUT2D eigenvalue weighted by molar-refractivity contribution is -0.107. The zero-order chi connectivity index (χ0) is 21.9. The second-order valence-electron chi connectivity index (χ2n) is 8.55. The predicted molar refractivity (Wildman–Crippen MR) is 126 cm³/mol. The van der Waals surface area contributed by atoms with Crippen molar-refractivity contribution in [1.29, 1.82) is 0 Å². The van der Waals surface area contributed by atoms with Crippen LogP contribution < -0.4 is 15.7 Å². The molecule has 1 heterocycles. The summed E-state index contributed by atoms with van der Waals surface area (Å²) in [7, 11) is 5.82. The number of benzene rings is 3. The highest BCUT2D eigenvalue weighted by Crippen LogP contribution is 2.45. The average molecular weight is 400 g/mol. The molecule has 30 heavy (non-hydrogen) atoms. The van der Waals surface area contributed by atoms with E-state index in [1.54, 1.807) is 27.7 Å². The van der Waals surface area contributed by atoms with Crippen molar-refractivity contribution in [3.8, 4) is 0 Å². The maximum atomic E-state index is 9.10. The first kappa shape index (κ1) is 21.9. The van der Waals surface area contributed by atoms with Gasteiger partial charge in [-0.05, 0) is 57.5 Å².